The first-order valence-corrected chi connectivity index (χ1v) is 5.55. The molecule has 0 bridgehead atoms. The van der Waals surface area contributed by atoms with Crippen LogP contribution in [0.2, 0.25) is 0 Å². The van der Waals surface area contributed by atoms with Crippen LogP contribution in [-0.4, -0.2) is 36.2 Å². The van der Waals surface area contributed by atoms with Gasteiger partial charge in [0.25, 0.3) is 0 Å². The van der Waals surface area contributed by atoms with Crippen LogP contribution in [-0.2, 0) is 4.74 Å². The van der Waals surface area contributed by atoms with E-state index < -0.39 is 0 Å². The quantitative estimate of drug-likeness (QED) is 0.617. The van der Waals surface area contributed by atoms with Crippen LogP contribution in [0.25, 0.3) is 0 Å². The van der Waals surface area contributed by atoms with Crippen LogP contribution in [0.5, 0.6) is 0 Å². The first-order valence-electron chi connectivity index (χ1n) is 5.55. The second-order valence-electron chi connectivity index (χ2n) is 5.02. The number of hydrogen-bond donors (Lipinski definition) is 0. The molecular weight excluding hydrogens is 162 g/mol. The van der Waals surface area contributed by atoms with Gasteiger partial charge in [0.1, 0.15) is 0 Å². The fourth-order valence-corrected chi connectivity index (χ4v) is 2.29. The van der Waals surface area contributed by atoms with Gasteiger partial charge < -0.3 is 4.74 Å². The van der Waals surface area contributed by atoms with Gasteiger partial charge in [-0.1, -0.05) is 6.42 Å². The van der Waals surface area contributed by atoms with Crippen molar-refractivity contribution in [1.29, 1.82) is 0 Å². The Morgan fingerprint density at radius 1 is 1.23 bits per heavy atom. The maximum absolute atomic E-state index is 5.80. The van der Waals surface area contributed by atoms with Crippen molar-refractivity contribution in [3.05, 3.63) is 0 Å². The fraction of sp³-hybridized carbons (Fsp3) is 1.00. The Balaban J connectivity index is 1.93. The Labute approximate surface area is 81.3 Å². The molecule has 13 heavy (non-hydrogen) atoms. The van der Waals surface area contributed by atoms with Gasteiger partial charge in [0, 0.05) is 25.7 Å². The lowest BCUT2D eigenvalue weighted by atomic mass is 9.90. The summed E-state index contributed by atoms with van der Waals surface area (Å²) in [7, 11) is 0. The monoisotopic (exact) mass is 183 g/mol. The highest BCUT2D eigenvalue weighted by molar-refractivity contribution is 4.86. The van der Waals surface area contributed by atoms with Gasteiger partial charge in [-0.25, -0.2) is 0 Å². The zero-order chi connectivity index (χ0) is 9.31. The molecule has 0 aromatic rings. The number of hydrogen-bond acceptors (Lipinski definition) is 2. The van der Waals surface area contributed by atoms with E-state index in [4.69, 9.17) is 4.74 Å². The zero-order valence-electron chi connectivity index (χ0n) is 8.88. The summed E-state index contributed by atoms with van der Waals surface area (Å²) in [5.41, 5.74) is 0.0755. The number of nitrogens with zero attached hydrogens (tertiary/aromatic N) is 1. The van der Waals surface area contributed by atoms with Crippen LogP contribution in [0.1, 0.15) is 39.5 Å². The molecule has 1 saturated carbocycles. The Bertz CT molecular complexity index is 175. The normalized spacial score (nSPS) is 30.9. The average Bonchev–Trinajstić information content (AvgIpc) is 2.07. The molecule has 2 rings (SSSR count). The third kappa shape index (κ3) is 2.23. The number of rotatable bonds is 1. The van der Waals surface area contributed by atoms with Crippen molar-refractivity contribution < 1.29 is 4.74 Å². The van der Waals surface area contributed by atoms with E-state index in [9.17, 15) is 0 Å². The summed E-state index contributed by atoms with van der Waals surface area (Å²) in [5.74, 6) is 0. The predicted octanol–water partition coefficient (Wildman–Crippen LogP) is 2.04. The second kappa shape index (κ2) is 3.58. The van der Waals surface area contributed by atoms with Crippen LogP contribution in [0.3, 0.4) is 0 Å². The molecule has 0 aromatic heterocycles. The highest BCUT2D eigenvalue weighted by Crippen LogP contribution is 2.28. The van der Waals surface area contributed by atoms with Crippen molar-refractivity contribution in [2.24, 2.45) is 0 Å². The van der Waals surface area contributed by atoms with Gasteiger partial charge in [-0.3, -0.25) is 4.90 Å². The van der Waals surface area contributed by atoms with E-state index in [1.807, 2.05) is 0 Å². The Morgan fingerprint density at radius 2 is 2.00 bits per heavy atom. The lowest BCUT2D eigenvalue weighted by Gasteiger charge is -2.39. The van der Waals surface area contributed by atoms with Gasteiger partial charge in [-0.05, 0) is 33.1 Å². The third-order valence-corrected chi connectivity index (χ3v) is 3.26. The Morgan fingerprint density at radius 3 is 2.62 bits per heavy atom. The van der Waals surface area contributed by atoms with Gasteiger partial charge in [-0.15, -0.1) is 0 Å². The predicted molar refractivity (Wildman–Crippen MR) is 53.9 cm³/mol. The van der Waals surface area contributed by atoms with Gasteiger partial charge in [0.2, 0.25) is 0 Å². The smallest absolute Gasteiger partial charge is 0.0752 e. The van der Waals surface area contributed by atoms with E-state index in [0.717, 1.165) is 19.2 Å². The topological polar surface area (TPSA) is 12.5 Å². The van der Waals surface area contributed by atoms with Crippen molar-refractivity contribution in [2.45, 2.75) is 51.2 Å². The molecule has 1 aliphatic carbocycles. The van der Waals surface area contributed by atoms with E-state index in [1.54, 1.807) is 0 Å². The Kier molecular flexibility index (Phi) is 2.61. The van der Waals surface area contributed by atoms with Gasteiger partial charge in [0.15, 0.2) is 0 Å². The van der Waals surface area contributed by atoms with Gasteiger partial charge in [-0.2, -0.15) is 0 Å². The van der Waals surface area contributed by atoms with E-state index in [0.29, 0.717) is 0 Å². The van der Waals surface area contributed by atoms with E-state index in [2.05, 4.69) is 18.7 Å². The molecule has 1 aliphatic heterocycles. The molecule has 2 aliphatic rings. The lowest BCUT2D eigenvalue weighted by molar-refractivity contribution is -0.0273. The molecule has 0 radical (unpaired) electrons. The summed E-state index contributed by atoms with van der Waals surface area (Å²) < 4.78 is 5.80. The third-order valence-electron chi connectivity index (χ3n) is 3.26. The Hall–Kier alpha value is -0.0800. The molecule has 0 amide bonds. The molecule has 0 spiro atoms. The molecule has 1 saturated heterocycles. The van der Waals surface area contributed by atoms with E-state index in [-0.39, 0.29) is 5.60 Å². The minimum Gasteiger partial charge on any atom is -0.374 e. The molecule has 0 N–H and O–H groups in total. The van der Waals surface area contributed by atoms with Crippen molar-refractivity contribution in [3.8, 4) is 0 Å². The molecule has 2 heteroatoms. The van der Waals surface area contributed by atoms with Crippen LogP contribution in [0.4, 0.5) is 0 Å². The zero-order valence-corrected chi connectivity index (χ0v) is 8.88. The maximum atomic E-state index is 5.80. The fourth-order valence-electron chi connectivity index (χ4n) is 2.29. The van der Waals surface area contributed by atoms with Gasteiger partial charge >= 0.3 is 0 Å². The maximum Gasteiger partial charge on any atom is 0.0752 e. The van der Waals surface area contributed by atoms with Crippen LogP contribution >= 0.6 is 0 Å². The molecule has 0 aromatic carbocycles. The summed E-state index contributed by atoms with van der Waals surface area (Å²) >= 11 is 0. The van der Waals surface area contributed by atoms with Crippen molar-refractivity contribution >= 4 is 0 Å². The molecule has 2 fully saturated rings. The van der Waals surface area contributed by atoms with Crippen LogP contribution < -0.4 is 0 Å². The largest absolute Gasteiger partial charge is 0.374 e. The highest BCUT2D eigenvalue weighted by atomic mass is 16.5. The standard InChI is InChI=1S/C11H21NO/c1-11(2)9-12(7-4-8-13-11)10-5-3-6-10/h10H,3-9H2,1-2H3. The molecular formula is C11H21NO. The van der Waals surface area contributed by atoms with Crippen LogP contribution in [0, 0.1) is 0 Å². The summed E-state index contributed by atoms with van der Waals surface area (Å²) in [6.45, 7) is 7.73. The summed E-state index contributed by atoms with van der Waals surface area (Å²) in [6.07, 6.45) is 5.47. The second-order valence-corrected chi connectivity index (χ2v) is 5.02. The van der Waals surface area contributed by atoms with Crippen LogP contribution in [0.15, 0.2) is 0 Å². The summed E-state index contributed by atoms with van der Waals surface area (Å²) in [6, 6.07) is 0.876. The SMILES string of the molecule is CC1(C)CN(C2CCC2)CCCO1. The van der Waals surface area contributed by atoms with E-state index >= 15 is 0 Å². The minimum atomic E-state index is 0.0755. The van der Waals surface area contributed by atoms with Crippen molar-refractivity contribution in [1.82, 2.24) is 4.90 Å². The summed E-state index contributed by atoms with van der Waals surface area (Å²) in [4.78, 5) is 2.64. The molecule has 76 valence electrons. The average molecular weight is 183 g/mol. The van der Waals surface area contributed by atoms with E-state index in [1.165, 1.54) is 32.2 Å². The molecule has 2 nitrogen and oxygen atoms in total. The molecule has 0 unspecified atom stereocenters. The first-order chi connectivity index (χ1) is 6.17. The minimum absolute atomic E-state index is 0.0755. The number of ether oxygens (including phenoxy) is 1. The first kappa shape index (κ1) is 9.47. The highest BCUT2D eigenvalue weighted by Gasteiger charge is 2.31. The van der Waals surface area contributed by atoms with Gasteiger partial charge in [0.05, 0.1) is 5.60 Å². The lowest BCUT2D eigenvalue weighted by Crippen LogP contribution is -2.46. The molecule has 0 atom stereocenters. The van der Waals surface area contributed by atoms with Crippen molar-refractivity contribution in [3.63, 3.8) is 0 Å². The van der Waals surface area contributed by atoms with Crippen molar-refractivity contribution in [2.75, 3.05) is 19.7 Å². The summed E-state index contributed by atoms with van der Waals surface area (Å²) in [5, 5.41) is 0. The molecule has 1 heterocycles.